The predicted molar refractivity (Wildman–Crippen MR) is 65.6 cm³/mol. The van der Waals surface area contributed by atoms with Gasteiger partial charge >= 0.3 is 0 Å². The molecular formula is C9H17N5O3S. The zero-order chi connectivity index (χ0) is 14.0. The second-order valence-corrected chi connectivity index (χ2v) is 6.20. The molecule has 0 amide bonds. The summed E-state index contributed by atoms with van der Waals surface area (Å²) in [7, 11) is -2.13. The molecule has 0 saturated carbocycles. The Morgan fingerprint density at radius 3 is 2.72 bits per heavy atom. The molecule has 0 bridgehead atoms. The van der Waals surface area contributed by atoms with Crippen LogP contribution in [0.4, 0.5) is 0 Å². The van der Waals surface area contributed by atoms with E-state index in [1.165, 1.54) is 24.0 Å². The molecule has 0 saturated heterocycles. The maximum atomic E-state index is 12.0. The smallest absolute Gasteiger partial charge is 0.257 e. The third-order valence-electron chi connectivity index (χ3n) is 2.56. The number of hydrogen-bond acceptors (Lipinski definition) is 5. The van der Waals surface area contributed by atoms with Crippen LogP contribution >= 0.6 is 0 Å². The van der Waals surface area contributed by atoms with Crippen LogP contribution in [0.2, 0.25) is 0 Å². The van der Waals surface area contributed by atoms with Crippen molar-refractivity contribution in [2.24, 2.45) is 23.4 Å². The molecule has 8 nitrogen and oxygen atoms in total. The zero-order valence-electron chi connectivity index (χ0n) is 10.5. The topological polar surface area (TPSA) is 123 Å². The molecule has 0 aliphatic heterocycles. The van der Waals surface area contributed by atoms with Gasteiger partial charge in [-0.25, -0.2) is 13.1 Å². The molecule has 1 aromatic heterocycles. The molecule has 0 radical (unpaired) electrons. The Morgan fingerprint density at radius 2 is 2.28 bits per heavy atom. The zero-order valence-corrected chi connectivity index (χ0v) is 11.3. The van der Waals surface area contributed by atoms with Gasteiger partial charge in [-0.3, -0.25) is 4.68 Å². The van der Waals surface area contributed by atoms with E-state index in [0.717, 1.165) is 0 Å². The highest BCUT2D eigenvalue weighted by Crippen LogP contribution is 2.15. The van der Waals surface area contributed by atoms with Gasteiger partial charge in [0.2, 0.25) is 0 Å². The van der Waals surface area contributed by atoms with Gasteiger partial charge in [-0.1, -0.05) is 19.0 Å². The molecular weight excluding hydrogens is 258 g/mol. The molecule has 0 spiro atoms. The van der Waals surface area contributed by atoms with Crippen molar-refractivity contribution in [3.8, 4) is 0 Å². The fourth-order valence-electron chi connectivity index (χ4n) is 1.20. The Morgan fingerprint density at radius 1 is 1.67 bits per heavy atom. The van der Waals surface area contributed by atoms with Gasteiger partial charge in [-0.2, -0.15) is 5.10 Å². The second-order valence-electron chi connectivity index (χ2n) is 4.49. The van der Waals surface area contributed by atoms with Crippen LogP contribution in [0, 0.1) is 5.41 Å². The number of nitrogens with zero attached hydrogens (tertiary/aromatic N) is 3. The van der Waals surface area contributed by atoms with Gasteiger partial charge in [-0.15, -0.1) is 0 Å². The van der Waals surface area contributed by atoms with E-state index < -0.39 is 15.4 Å². The summed E-state index contributed by atoms with van der Waals surface area (Å²) in [5, 5.41) is 15.3. The number of sulfonamides is 1. The Balaban J connectivity index is 2.84. The second kappa shape index (κ2) is 4.94. The summed E-state index contributed by atoms with van der Waals surface area (Å²) < 4.78 is 27.6. The average Bonchev–Trinajstić information content (AvgIpc) is 2.73. The summed E-state index contributed by atoms with van der Waals surface area (Å²) in [4.78, 5) is 0. The molecule has 0 fully saturated rings. The highest BCUT2D eigenvalue weighted by Gasteiger charge is 2.27. The van der Waals surface area contributed by atoms with Crippen LogP contribution < -0.4 is 10.5 Å². The standard InChI is InChI=1S/C9H17N5O3S/c1-9(2,8(10)13-15)6-12-18(16,17)7-4-5-11-14(7)3/h4-5,12,15H,6H2,1-3H3,(H2,10,13). The summed E-state index contributed by atoms with van der Waals surface area (Å²) >= 11 is 0. The third kappa shape index (κ3) is 2.99. The molecule has 0 atom stereocenters. The van der Waals surface area contributed by atoms with E-state index in [2.05, 4.69) is 15.0 Å². The molecule has 18 heavy (non-hydrogen) atoms. The monoisotopic (exact) mass is 275 g/mol. The van der Waals surface area contributed by atoms with E-state index in [0.29, 0.717) is 0 Å². The van der Waals surface area contributed by atoms with Crippen molar-refractivity contribution < 1.29 is 13.6 Å². The quantitative estimate of drug-likeness (QED) is 0.288. The van der Waals surface area contributed by atoms with Crippen molar-refractivity contribution in [3.05, 3.63) is 12.3 Å². The molecule has 102 valence electrons. The number of aryl methyl sites for hydroxylation is 1. The van der Waals surface area contributed by atoms with E-state index in [1.54, 1.807) is 13.8 Å². The van der Waals surface area contributed by atoms with Gasteiger partial charge in [0.25, 0.3) is 10.0 Å². The van der Waals surface area contributed by atoms with Crippen molar-refractivity contribution in [3.63, 3.8) is 0 Å². The maximum absolute atomic E-state index is 12.0. The van der Waals surface area contributed by atoms with Crippen LogP contribution in [0.1, 0.15) is 13.8 Å². The van der Waals surface area contributed by atoms with Crippen LogP contribution in [-0.4, -0.2) is 35.8 Å². The number of aromatic nitrogens is 2. The first kappa shape index (κ1) is 14.5. The molecule has 1 aromatic rings. The number of amidine groups is 1. The minimum atomic E-state index is -3.66. The van der Waals surface area contributed by atoms with Crippen LogP contribution in [0.3, 0.4) is 0 Å². The molecule has 1 rings (SSSR count). The predicted octanol–water partition coefficient (Wildman–Crippen LogP) is -0.529. The van der Waals surface area contributed by atoms with Gasteiger partial charge in [-0.05, 0) is 6.07 Å². The molecule has 0 aliphatic rings. The minimum Gasteiger partial charge on any atom is -0.409 e. The first-order valence-corrected chi connectivity index (χ1v) is 6.65. The van der Waals surface area contributed by atoms with Gasteiger partial charge in [0.1, 0.15) is 5.84 Å². The number of nitrogens with one attached hydrogen (secondary N) is 1. The van der Waals surface area contributed by atoms with E-state index in [4.69, 9.17) is 10.9 Å². The van der Waals surface area contributed by atoms with Crippen molar-refractivity contribution in [1.82, 2.24) is 14.5 Å². The first-order chi connectivity index (χ1) is 8.20. The van der Waals surface area contributed by atoms with Crippen LogP contribution in [-0.2, 0) is 17.1 Å². The van der Waals surface area contributed by atoms with E-state index in [-0.39, 0.29) is 17.4 Å². The Bertz CT molecular complexity index is 546. The highest BCUT2D eigenvalue weighted by molar-refractivity contribution is 7.89. The van der Waals surface area contributed by atoms with Gasteiger partial charge in [0, 0.05) is 19.0 Å². The Hall–Kier alpha value is -1.61. The summed E-state index contributed by atoms with van der Waals surface area (Å²) in [5.74, 6) is -0.0461. The molecule has 1 heterocycles. The Labute approximate surface area is 106 Å². The van der Waals surface area contributed by atoms with E-state index in [1.807, 2.05) is 0 Å². The van der Waals surface area contributed by atoms with Gasteiger partial charge in [0.05, 0.1) is 6.20 Å². The average molecular weight is 275 g/mol. The number of rotatable bonds is 5. The van der Waals surface area contributed by atoms with Crippen molar-refractivity contribution in [2.45, 2.75) is 18.9 Å². The van der Waals surface area contributed by atoms with Crippen molar-refractivity contribution in [2.75, 3.05) is 6.54 Å². The van der Waals surface area contributed by atoms with Crippen LogP contribution in [0.5, 0.6) is 0 Å². The molecule has 4 N–H and O–H groups in total. The molecule has 0 unspecified atom stereocenters. The third-order valence-corrected chi connectivity index (χ3v) is 4.03. The summed E-state index contributed by atoms with van der Waals surface area (Å²) in [6, 6.07) is 1.39. The number of oxime groups is 1. The number of nitrogens with two attached hydrogens (primary N) is 1. The van der Waals surface area contributed by atoms with E-state index in [9.17, 15) is 8.42 Å². The summed E-state index contributed by atoms with van der Waals surface area (Å²) in [6.07, 6.45) is 1.39. The first-order valence-electron chi connectivity index (χ1n) is 5.16. The van der Waals surface area contributed by atoms with Gasteiger partial charge in [0.15, 0.2) is 5.03 Å². The van der Waals surface area contributed by atoms with Crippen molar-refractivity contribution in [1.29, 1.82) is 0 Å². The lowest BCUT2D eigenvalue weighted by molar-refractivity contribution is 0.307. The molecule has 9 heteroatoms. The maximum Gasteiger partial charge on any atom is 0.257 e. The lowest BCUT2D eigenvalue weighted by Gasteiger charge is -2.22. The van der Waals surface area contributed by atoms with Gasteiger partial charge < -0.3 is 10.9 Å². The fraction of sp³-hybridized carbons (Fsp3) is 0.556. The minimum absolute atomic E-state index is 0.0103. The summed E-state index contributed by atoms with van der Waals surface area (Å²) in [5.41, 5.74) is 4.69. The lowest BCUT2D eigenvalue weighted by Crippen LogP contribution is -2.42. The molecule has 0 aliphatic carbocycles. The summed E-state index contributed by atoms with van der Waals surface area (Å²) in [6.45, 7) is 3.33. The largest absolute Gasteiger partial charge is 0.409 e. The van der Waals surface area contributed by atoms with Crippen molar-refractivity contribution >= 4 is 15.9 Å². The normalized spacial score (nSPS) is 13.8. The lowest BCUT2D eigenvalue weighted by atomic mass is 9.93. The van der Waals surface area contributed by atoms with E-state index >= 15 is 0 Å². The van der Waals surface area contributed by atoms with Crippen LogP contribution in [0.15, 0.2) is 22.4 Å². The number of hydrogen-bond donors (Lipinski definition) is 3. The van der Waals surface area contributed by atoms with Crippen LogP contribution in [0.25, 0.3) is 0 Å². The SMILES string of the molecule is Cn1nccc1S(=O)(=O)NCC(C)(C)/C(N)=N/O. The Kier molecular flexibility index (Phi) is 3.97. The fourth-order valence-corrected chi connectivity index (χ4v) is 2.53. The highest BCUT2D eigenvalue weighted by atomic mass is 32.2. The molecule has 0 aromatic carbocycles.